The van der Waals surface area contributed by atoms with Crippen LogP contribution in [0.3, 0.4) is 0 Å². The first kappa shape index (κ1) is 22.7. The minimum atomic E-state index is -4.18. The van der Waals surface area contributed by atoms with Crippen LogP contribution in [0.25, 0.3) is 5.57 Å². The molecule has 0 saturated heterocycles. The van der Waals surface area contributed by atoms with Crippen LogP contribution in [0.4, 0.5) is 20.3 Å². The van der Waals surface area contributed by atoms with E-state index in [1.54, 1.807) is 12.1 Å². The third kappa shape index (κ3) is 5.09. The number of hydrogen-bond acceptors (Lipinski definition) is 6. The quantitative estimate of drug-likeness (QED) is 0.440. The van der Waals surface area contributed by atoms with E-state index in [4.69, 9.17) is 11.6 Å². The van der Waals surface area contributed by atoms with E-state index in [2.05, 4.69) is 26.4 Å². The molecule has 0 spiro atoms. The first-order valence-electron chi connectivity index (χ1n) is 9.67. The van der Waals surface area contributed by atoms with Crippen molar-refractivity contribution in [2.45, 2.75) is 17.4 Å². The topological polar surface area (TPSA) is 83.1 Å². The molecule has 0 bridgehead atoms. The Morgan fingerprint density at radius 2 is 2.00 bits per heavy atom. The van der Waals surface area contributed by atoms with Gasteiger partial charge in [-0.05, 0) is 48.4 Å². The summed E-state index contributed by atoms with van der Waals surface area (Å²) in [4.78, 5) is 3.28. The average Bonchev–Trinajstić information content (AvgIpc) is 3.27. The molecule has 1 aliphatic rings. The molecule has 1 unspecified atom stereocenters. The van der Waals surface area contributed by atoms with E-state index in [1.165, 1.54) is 34.4 Å². The molecule has 32 heavy (non-hydrogen) atoms. The maximum Gasteiger partial charge on any atom is 0.266 e. The van der Waals surface area contributed by atoms with Crippen LogP contribution < -0.4 is 15.4 Å². The maximum atomic E-state index is 14.7. The summed E-state index contributed by atoms with van der Waals surface area (Å²) in [5.74, 6) is -1.14. The number of anilines is 2. The van der Waals surface area contributed by atoms with E-state index in [-0.39, 0.29) is 28.4 Å². The number of sulfonamides is 1. The number of aromatic nitrogens is 1. The largest absolute Gasteiger partial charge is 0.382 e. The SMILES string of the molecule is O=S(=O)(Nc1cscn1)c1cc(Cl)c(NCC2NCCC=C2c2ccc(F)cc2)cc1F. The highest BCUT2D eigenvalue weighted by Crippen LogP contribution is 2.30. The van der Waals surface area contributed by atoms with Crippen LogP contribution in [0.15, 0.2) is 58.3 Å². The standard InChI is InChI=1S/C21H19ClF2N4O2S2/c22-16-8-20(32(29,30)28-21-11-31-12-27-21)17(24)9-18(16)26-10-19-15(2-1-7-25-19)13-3-5-14(23)6-4-13/h2-6,8-9,11-12,19,25-26,28H,1,7,10H2. The summed E-state index contributed by atoms with van der Waals surface area (Å²) in [5.41, 5.74) is 3.61. The Kier molecular flexibility index (Phi) is 6.75. The molecule has 3 aromatic rings. The van der Waals surface area contributed by atoms with E-state index in [9.17, 15) is 17.2 Å². The Bertz CT molecular complexity index is 1230. The zero-order valence-electron chi connectivity index (χ0n) is 16.6. The summed E-state index contributed by atoms with van der Waals surface area (Å²) in [5, 5.41) is 8.02. The zero-order valence-corrected chi connectivity index (χ0v) is 19.0. The van der Waals surface area contributed by atoms with Crippen molar-refractivity contribution in [3.63, 3.8) is 0 Å². The van der Waals surface area contributed by atoms with E-state index in [0.717, 1.165) is 36.2 Å². The highest BCUT2D eigenvalue weighted by atomic mass is 35.5. The summed E-state index contributed by atoms with van der Waals surface area (Å²) in [7, 11) is -4.18. The summed E-state index contributed by atoms with van der Waals surface area (Å²) in [6.45, 7) is 1.13. The van der Waals surface area contributed by atoms with Crippen molar-refractivity contribution in [3.8, 4) is 0 Å². The maximum absolute atomic E-state index is 14.7. The molecule has 4 rings (SSSR count). The van der Waals surface area contributed by atoms with Crippen LogP contribution in [-0.4, -0.2) is 32.5 Å². The second-order valence-electron chi connectivity index (χ2n) is 7.08. The number of halogens is 3. The molecule has 0 fully saturated rings. The minimum Gasteiger partial charge on any atom is -0.382 e. The highest BCUT2D eigenvalue weighted by Gasteiger charge is 2.23. The van der Waals surface area contributed by atoms with Gasteiger partial charge in [0.15, 0.2) is 5.82 Å². The van der Waals surface area contributed by atoms with Gasteiger partial charge in [-0.15, -0.1) is 11.3 Å². The first-order chi connectivity index (χ1) is 15.3. The van der Waals surface area contributed by atoms with Crippen LogP contribution in [0.1, 0.15) is 12.0 Å². The molecule has 2 aromatic carbocycles. The Hall–Kier alpha value is -2.53. The molecule has 0 radical (unpaired) electrons. The molecular weight excluding hydrogens is 478 g/mol. The summed E-state index contributed by atoms with van der Waals surface area (Å²) in [6.07, 6.45) is 2.91. The second-order valence-corrected chi connectivity index (χ2v) is 9.86. The van der Waals surface area contributed by atoms with Gasteiger partial charge in [0, 0.05) is 18.0 Å². The van der Waals surface area contributed by atoms with E-state index in [0.29, 0.717) is 6.54 Å². The molecule has 6 nitrogen and oxygen atoms in total. The number of rotatable bonds is 7. The van der Waals surface area contributed by atoms with E-state index in [1.807, 2.05) is 0 Å². The van der Waals surface area contributed by atoms with Crippen molar-refractivity contribution >= 4 is 50.0 Å². The van der Waals surface area contributed by atoms with Crippen molar-refractivity contribution in [2.75, 3.05) is 23.1 Å². The predicted octanol–water partition coefficient (Wildman–Crippen LogP) is 4.73. The van der Waals surface area contributed by atoms with E-state index < -0.39 is 20.7 Å². The van der Waals surface area contributed by atoms with Crippen molar-refractivity contribution < 1.29 is 17.2 Å². The molecule has 1 atom stereocenters. The fourth-order valence-corrected chi connectivity index (χ4v) is 5.36. The molecular formula is C21H19ClF2N4O2S2. The van der Waals surface area contributed by atoms with Crippen LogP contribution in [-0.2, 0) is 10.0 Å². The van der Waals surface area contributed by atoms with Crippen molar-refractivity contribution in [1.82, 2.24) is 10.3 Å². The molecule has 0 aliphatic carbocycles. The molecule has 168 valence electrons. The van der Waals surface area contributed by atoms with Crippen LogP contribution in [0.2, 0.25) is 5.02 Å². The molecule has 11 heteroatoms. The Labute approximate surface area is 193 Å². The molecule has 1 aromatic heterocycles. The van der Waals surface area contributed by atoms with Crippen LogP contribution in [0, 0.1) is 11.6 Å². The van der Waals surface area contributed by atoms with E-state index >= 15 is 0 Å². The molecule has 2 heterocycles. The molecule has 0 saturated carbocycles. The third-order valence-electron chi connectivity index (χ3n) is 4.93. The lowest BCUT2D eigenvalue weighted by Crippen LogP contribution is -2.39. The highest BCUT2D eigenvalue weighted by molar-refractivity contribution is 7.92. The van der Waals surface area contributed by atoms with Crippen molar-refractivity contribution in [1.29, 1.82) is 0 Å². The Morgan fingerprint density at radius 3 is 2.72 bits per heavy atom. The van der Waals surface area contributed by atoms with Gasteiger partial charge in [0.2, 0.25) is 0 Å². The first-order valence-corrected chi connectivity index (χ1v) is 12.5. The van der Waals surface area contributed by atoms with Gasteiger partial charge in [-0.25, -0.2) is 22.2 Å². The van der Waals surface area contributed by atoms with Crippen LogP contribution in [0.5, 0.6) is 0 Å². The number of nitrogens with one attached hydrogen (secondary N) is 3. The van der Waals surface area contributed by atoms with Gasteiger partial charge in [0.1, 0.15) is 16.5 Å². The second kappa shape index (κ2) is 9.53. The predicted molar refractivity (Wildman–Crippen MR) is 124 cm³/mol. The zero-order chi connectivity index (χ0) is 22.7. The summed E-state index contributed by atoms with van der Waals surface area (Å²) >= 11 is 7.47. The summed E-state index contributed by atoms with van der Waals surface area (Å²) < 4.78 is 55.2. The monoisotopic (exact) mass is 496 g/mol. The lowest BCUT2D eigenvalue weighted by molar-refractivity contribution is 0.570. The van der Waals surface area contributed by atoms with Crippen molar-refractivity contribution in [2.24, 2.45) is 0 Å². The minimum absolute atomic E-state index is 0.0631. The Balaban J connectivity index is 1.51. The number of hydrogen-bond donors (Lipinski definition) is 3. The molecule has 0 amide bonds. The van der Waals surface area contributed by atoms with Gasteiger partial charge in [-0.1, -0.05) is 29.8 Å². The van der Waals surface area contributed by atoms with Gasteiger partial charge < -0.3 is 10.6 Å². The van der Waals surface area contributed by atoms with Gasteiger partial charge in [0.05, 0.1) is 16.2 Å². The number of nitrogens with zero attached hydrogens (tertiary/aromatic N) is 1. The third-order valence-corrected chi connectivity index (χ3v) is 7.20. The number of thiazole rings is 1. The van der Waals surface area contributed by atoms with Crippen molar-refractivity contribution in [3.05, 3.63) is 75.6 Å². The van der Waals surface area contributed by atoms with Gasteiger partial charge in [0.25, 0.3) is 10.0 Å². The number of benzene rings is 2. The fraction of sp³-hybridized carbons (Fsp3) is 0.190. The van der Waals surface area contributed by atoms with Gasteiger partial charge in [-0.2, -0.15) is 0 Å². The smallest absolute Gasteiger partial charge is 0.266 e. The summed E-state index contributed by atoms with van der Waals surface area (Å²) in [6, 6.07) is 8.23. The Morgan fingerprint density at radius 1 is 1.22 bits per heavy atom. The molecule has 3 N–H and O–H groups in total. The van der Waals surface area contributed by atoms with Gasteiger partial charge in [-0.3, -0.25) is 4.72 Å². The average molecular weight is 497 g/mol. The normalized spacial score (nSPS) is 16.5. The fourth-order valence-electron chi connectivity index (χ4n) is 3.42. The van der Waals surface area contributed by atoms with Crippen LogP contribution >= 0.6 is 22.9 Å². The lowest BCUT2D eigenvalue weighted by Gasteiger charge is -2.27. The van der Waals surface area contributed by atoms with Gasteiger partial charge >= 0.3 is 0 Å². The lowest BCUT2D eigenvalue weighted by atomic mass is 9.94. The molecule has 1 aliphatic heterocycles.